The van der Waals surface area contributed by atoms with Crippen molar-refractivity contribution < 1.29 is 14.3 Å². The average molecular weight is 510 g/mol. The van der Waals surface area contributed by atoms with Gasteiger partial charge in [0.25, 0.3) is 0 Å². The van der Waals surface area contributed by atoms with Gasteiger partial charge in [0, 0.05) is 26.2 Å². The quantitative estimate of drug-likeness (QED) is 0.482. The maximum absolute atomic E-state index is 13.7. The number of piperazine rings is 1. The highest BCUT2D eigenvalue weighted by atomic mass is 16.5. The number of piperidine rings is 1. The summed E-state index contributed by atoms with van der Waals surface area (Å²) in [4.78, 5) is 31.8. The third kappa shape index (κ3) is 6.16. The largest absolute Gasteiger partial charge is 0.490 e. The Morgan fingerprint density at radius 1 is 0.946 bits per heavy atom. The van der Waals surface area contributed by atoms with Crippen molar-refractivity contribution in [1.29, 1.82) is 0 Å². The smallest absolute Gasteiger partial charge is 0.246 e. The number of carbonyl (C=O) groups excluding carboxylic acids is 2. The molecule has 1 N–H and O–H groups in total. The van der Waals surface area contributed by atoms with Crippen molar-refractivity contribution >= 4 is 11.8 Å². The van der Waals surface area contributed by atoms with Crippen LogP contribution in [0.3, 0.4) is 0 Å². The van der Waals surface area contributed by atoms with Gasteiger partial charge < -0.3 is 15.0 Å². The van der Waals surface area contributed by atoms with E-state index in [1.165, 1.54) is 63.4 Å². The summed E-state index contributed by atoms with van der Waals surface area (Å²) in [5.41, 5.74) is 0.597. The lowest BCUT2D eigenvalue weighted by molar-refractivity contribution is -0.162. The van der Waals surface area contributed by atoms with Crippen molar-refractivity contribution in [3.8, 4) is 5.75 Å². The zero-order valence-electron chi connectivity index (χ0n) is 22.9. The molecule has 0 bridgehead atoms. The molecule has 1 unspecified atom stereocenters. The number of hydrogen-bond acceptors (Lipinski definition) is 4. The summed E-state index contributed by atoms with van der Waals surface area (Å²) in [6, 6.07) is 8.22. The highest BCUT2D eigenvalue weighted by Gasteiger charge is 2.53. The van der Waals surface area contributed by atoms with E-state index in [0.717, 1.165) is 44.6 Å². The maximum Gasteiger partial charge on any atom is 0.246 e. The van der Waals surface area contributed by atoms with Gasteiger partial charge in [0.05, 0.1) is 6.10 Å². The summed E-state index contributed by atoms with van der Waals surface area (Å²) >= 11 is 0. The minimum Gasteiger partial charge on any atom is -0.490 e. The molecule has 1 spiro atoms. The molecule has 2 heterocycles. The Kier molecular flexibility index (Phi) is 8.74. The number of nitrogens with zero attached hydrogens (tertiary/aromatic N) is 2. The fraction of sp³-hybridized carbons (Fsp3) is 0.742. The first-order valence-corrected chi connectivity index (χ1v) is 15.2. The lowest BCUT2D eigenvalue weighted by Gasteiger charge is -2.52. The number of benzene rings is 1. The van der Waals surface area contributed by atoms with Crippen molar-refractivity contribution in [2.75, 3.05) is 19.6 Å². The van der Waals surface area contributed by atoms with Crippen LogP contribution in [0.25, 0.3) is 0 Å². The van der Waals surface area contributed by atoms with Gasteiger partial charge in [0.15, 0.2) is 0 Å². The fourth-order valence-electron chi connectivity index (χ4n) is 7.14. The van der Waals surface area contributed by atoms with E-state index in [0.29, 0.717) is 31.4 Å². The van der Waals surface area contributed by atoms with Crippen molar-refractivity contribution in [2.24, 2.45) is 5.92 Å². The van der Waals surface area contributed by atoms with Crippen LogP contribution in [0.5, 0.6) is 5.75 Å². The van der Waals surface area contributed by atoms with Crippen LogP contribution in [0.4, 0.5) is 0 Å². The summed E-state index contributed by atoms with van der Waals surface area (Å²) in [7, 11) is 0. The molecule has 1 atom stereocenters. The van der Waals surface area contributed by atoms with E-state index in [1.807, 2.05) is 4.90 Å². The van der Waals surface area contributed by atoms with Gasteiger partial charge in [-0.05, 0) is 75.0 Å². The predicted molar refractivity (Wildman–Crippen MR) is 146 cm³/mol. The monoisotopic (exact) mass is 509 g/mol. The van der Waals surface area contributed by atoms with E-state index in [4.69, 9.17) is 4.74 Å². The van der Waals surface area contributed by atoms with Crippen molar-refractivity contribution in [2.45, 2.75) is 121 Å². The number of ether oxygens (including phenoxy) is 1. The Hall–Kier alpha value is -2.08. The minimum absolute atomic E-state index is 0.0945. The number of likely N-dealkylation sites (tertiary alicyclic amines) is 1. The normalized spacial score (nSPS) is 25.5. The summed E-state index contributed by atoms with van der Waals surface area (Å²) in [5.74, 6) is 1.81. The van der Waals surface area contributed by atoms with Crippen molar-refractivity contribution in [3.05, 3.63) is 29.8 Å². The first kappa shape index (κ1) is 26.5. The lowest BCUT2D eigenvalue weighted by atomic mass is 9.79. The average Bonchev–Trinajstić information content (AvgIpc) is 3.43. The predicted octanol–water partition coefficient (Wildman–Crippen LogP) is 5.44. The molecular formula is C31H47N3O3. The van der Waals surface area contributed by atoms with Crippen LogP contribution in [0.15, 0.2) is 24.3 Å². The van der Waals surface area contributed by atoms with Gasteiger partial charge in [-0.1, -0.05) is 57.6 Å². The lowest BCUT2D eigenvalue weighted by Crippen LogP contribution is -2.73. The standard InChI is InChI=1S/C31H47N3O3/c1-2-3-19-34-29(35)28(22-24-9-5-4-6-10-24)32-30(36)31(34)17-20-33(21-18-31)23-25-13-15-27(16-14-25)37-26-11-7-8-12-26/h13-16,24,26,28H,2-12,17-23H2,1H3,(H,32,36). The Balaban J connectivity index is 1.19. The van der Waals surface area contributed by atoms with Crippen LogP contribution in [-0.4, -0.2) is 58.9 Å². The van der Waals surface area contributed by atoms with Gasteiger partial charge >= 0.3 is 0 Å². The van der Waals surface area contributed by atoms with E-state index in [1.54, 1.807) is 0 Å². The summed E-state index contributed by atoms with van der Waals surface area (Å²) in [6.45, 7) is 5.39. The van der Waals surface area contributed by atoms with Gasteiger partial charge in [0.1, 0.15) is 17.3 Å². The molecule has 204 valence electrons. The third-order valence-electron chi connectivity index (χ3n) is 9.46. The number of hydrogen-bond donors (Lipinski definition) is 1. The van der Waals surface area contributed by atoms with Crippen LogP contribution in [0, 0.1) is 5.92 Å². The zero-order valence-corrected chi connectivity index (χ0v) is 22.9. The van der Waals surface area contributed by atoms with Gasteiger partial charge in [-0.25, -0.2) is 0 Å². The molecule has 1 aromatic carbocycles. The molecule has 4 fully saturated rings. The van der Waals surface area contributed by atoms with Gasteiger partial charge in [-0.2, -0.15) is 0 Å². The molecule has 5 rings (SSSR count). The molecule has 6 nitrogen and oxygen atoms in total. The molecule has 2 aliphatic carbocycles. The second kappa shape index (κ2) is 12.2. The van der Waals surface area contributed by atoms with Crippen LogP contribution in [-0.2, 0) is 16.1 Å². The molecular weight excluding hydrogens is 462 g/mol. The Morgan fingerprint density at radius 3 is 2.30 bits per heavy atom. The van der Waals surface area contributed by atoms with E-state index in [-0.39, 0.29) is 17.9 Å². The fourth-order valence-corrected chi connectivity index (χ4v) is 7.14. The molecule has 4 aliphatic rings. The molecule has 37 heavy (non-hydrogen) atoms. The third-order valence-corrected chi connectivity index (χ3v) is 9.46. The number of carbonyl (C=O) groups is 2. The molecule has 2 saturated heterocycles. The van der Waals surface area contributed by atoms with E-state index < -0.39 is 5.54 Å². The molecule has 2 saturated carbocycles. The second-order valence-corrected chi connectivity index (χ2v) is 12.1. The first-order chi connectivity index (χ1) is 18.1. The summed E-state index contributed by atoms with van der Waals surface area (Å²) in [5, 5.41) is 3.22. The van der Waals surface area contributed by atoms with Gasteiger partial charge in [-0.15, -0.1) is 0 Å². The Bertz CT molecular complexity index is 897. The van der Waals surface area contributed by atoms with Crippen molar-refractivity contribution in [3.63, 3.8) is 0 Å². The van der Waals surface area contributed by atoms with Crippen LogP contribution in [0.2, 0.25) is 0 Å². The van der Waals surface area contributed by atoms with Gasteiger partial charge in [-0.3, -0.25) is 14.5 Å². The zero-order chi connectivity index (χ0) is 25.7. The van der Waals surface area contributed by atoms with Crippen LogP contribution in [0.1, 0.15) is 102 Å². The molecule has 2 amide bonds. The Morgan fingerprint density at radius 2 is 1.62 bits per heavy atom. The second-order valence-electron chi connectivity index (χ2n) is 12.1. The van der Waals surface area contributed by atoms with Crippen LogP contribution < -0.4 is 10.1 Å². The molecule has 1 aromatic rings. The van der Waals surface area contributed by atoms with E-state index in [2.05, 4.69) is 41.4 Å². The van der Waals surface area contributed by atoms with Gasteiger partial charge in [0.2, 0.25) is 11.8 Å². The minimum atomic E-state index is -0.676. The highest BCUT2D eigenvalue weighted by molar-refractivity contribution is 6.00. The summed E-state index contributed by atoms with van der Waals surface area (Å²) in [6.07, 6.45) is 15.7. The summed E-state index contributed by atoms with van der Waals surface area (Å²) < 4.78 is 6.12. The number of nitrogens with one attached hydrogen (secondary N) is 1. The SMILES string of the molecule is CCCCN1C(=O)C(CC2CCCCC2)NC(=O)C12CCN(Cc1ccc(OC3CCCC3)cc1)CC2. The number of unbranched alkanes of at least 4 members (excludes halogenated alkanes) is 1. The first-order valence-electron chi connectivity index (χ1n) is 15.2. The van der Waals surface area contributed by atoms with E-state index >= 15 is 0 Å². The highest BCUT2D eigenvalue weighted by Crippen LogP contribution is 2.36. The maximum atomic E-state index is 13.7. The molecule has 0 aromatic heterocycles. The topological polar surface area (TPSA) is 61.9 Å². The number of amides is 2. The number of rotatable bonds is 9. The molecule has 2 aliphatic heterocycles. The Labute approximate surface area is 223 Å². The van der Waals surface area contributed by atoms with Crippen molar-refractivity contribution in [1.82, 2.24) is 15.1 Å². The van der Waals surface area contributed by atoms with Crippen LogP contribution >= 0.6 is 0 Å². The molecule has 0 radical (unpaired) electrons. The molecule has 6 heteroatoms. The van der Waals surface area contributed by atoms with E-state index in [9.17, 15) is 9.59 Å².